The second-order valence-corrected chi connectivity index (χ2v) is 5.33. The Morgan fingerprint density at radius 1 is 1.40 bits per heavy atom. The summed E-state index contributed by atoms with van der Waals surface area (Å²) in [7, 11) is 0. The molecule has 0 N–H and O–H groups in total. The van der Waals surface area contributed by atoms with Gasteiger partial charge in [0.05, 0.1) is 6.61 Å². The van der Waals surface area contributed by atoms with E-state index in [-0.39, 0.29) is 11.6 Å². The third kappa shape index (κ3) is 1.58. The molecule has 86 valence electrons. The molecule has 4 heteroatoms. The van der Waals surface area contributed by atoms with Gasteiger partial charge in [-0.15, -0.1) is 0 Å². The Labute approximate surface area is 94.9 Å². The van der Waals surface area contributed by atoms with Gasteiger partial charge < -0.3 is 9.47 Å². The van der Waals surface area contributed by atoms with Gasteiger partial charge in [0.1, 0.15) is 5.60 Å². The van der Waals surface area contributed by atoms with Crippen LogP contribution in [0.1, 0.15) is 33.1 Å². The van der Waals surface area contributed by atoms with Crippen molar-refractivity contribution in [3.63, 3.8) is 0 Å². The highest BCUT2D eigenvalue weighted by atomic mass is 32.2. The summed E-state index contributed by atoms with van der Waals surface area (Å²) in [5.74, 6) is 2.04. The van der Waals surface area contributed by atoms with E-state index in [0.717, 1.165) is 30.8 Å². The monoisotopic (exact) mass is 230 g/mol. The molecule has 3 nitrogen and oxygen atoms in total. The van der Waals surface area contributed by atoms with Gasteiger partial charge in [-0.2, -0.15) is 11.8 Å². The lowest BCUT2D eigenvalue weighted by Crippen LogP contribution is -2.37. The van der Waals surface area contributed by atoms with Gasteiger partial charge in [0.15, 0.2) is 5.60 Å². The van der Waals surface area contributed by atoms with Crippen molar-refractivity contribution in [3.05, 3.63) is 0 Å². The quantitative estimate of drug-likeness (QED) is 0.549. The van der Waals surface area contributed by atoms with Crippen LogP contribution in [0.25, 0.3) is 0 Å². The van der Waals surface area contributed by atoms with Crippen molar-refractivity contribution in [1.29, 1.82) is 0 Å². The number of rotatable bonds is 3. The van der Waals surface area contributed by atoms with Crippen LogP contribution in [0, 0.1) is 0 Å². The zero-order valence-electron chi connectivity index (χ0n) is 9.38. The van der Waals surface area contributed by atoms with Gasteiger partial charge in [0, 0.05) is 0 Å². The standard InChI is InChI=1S/C11H18O3S/c1-3-11(9(12)13-4-2)10(14-11)5-7-15-8-6-10/h3-8H2,1-2H3. The molecule has 0 saturated carbocycles. The van der Waals surface area contributed by atoms with Gasteiger partial charge in [-0.3, -0.25) is 0 Å². The summed E-state index contributed by atoms with van der Waals surface area (Å²) in [5, 5.41) is 0. The number of thioether (sulfide) groups is 1. The number of hydrogen-bond acceptors (Lipinski definition) is 4. The maximum Gasteiger partial charge on any atom is 0.341 e. The van der Waals surface area contributed by atoms with E-state index in [1.54, 1.807) is 0 Å². The molecule has 1 unspecified atom stereocenters. The first-order valence-electron chi connectivity index (χ1n) is 5.66. The van der Waals surface area contributed by atoms with Gasteiger partial charge >= 0.3 is 5.97 Å². The fourth-order valence-corrected chi connectivity index (χ4v) is 3.68. The predicted molar refractivity (Wildman–Crippen MR) is 60.0 cm³/mol. The summed E-state index contributed by atoms with van der Waals surface area (Å²) in [6.45, 7) is 4.29. The molecule has 0 radical (unpaired) electrons. The minimum Gasteiger partial charge on any atom is -0.464 e. The summed E-state index contributed by atoms with van der Waals surface area (Å²) >= 11 is 1.94. The molecule has 0 aromatic carbocycles. The molecule has 2 rings (SSSR count). The Kier molecular flexibility index (Phi) is 2.99. The third-order valence-electron chi connectivity index (χ3n) is 3.47. The number of esters is 1. The van der Waals surface area contributed by atoms with Gasteiger partial charge in [0.2, 0.25) is 0 Å². The van der Waals surface area contributed by atoms with Crippen LogP contribution in [0.5, 0.6) is 0 Å². The average Bonchev–Trinajstić information content (AvgIpc) is 2.88. The van der Waals surface area contributed by atoms with Crippen molar-refractivity contribution in [2.75, 3.05) is 18.1 Å². The maximum absolute atomic E-state index is 11.9. The Hall–Kier alpha value is -0.220. The van der Waals surface area contributed by atoms with Crippen LogP contribution in [0.15, 0.2) is 0 Å². The molecule has 15 heavy (non-hydrogen) atoms. The van der Waals surface area contributed by atoms with Crippen molar-refractivity contribution in [1.82, 2.24) is 0 Å². The molecule has 2 heterocycles. The Balaban J connectivity index is 2.09. The van der Waals surface area contributed by atoms with Gasteiger partial charge in [-0.1, -0.05) is 6.92 Å². The zero-order chi connectivity index (χ0) is 10.9. The Morgan fingerprint density at radius 2 is 2.07 bits per heavy atom. The minimum atomic E-state index is -0.607. The van der Waals surface area contributed by atoms with E-state index in [1.165, 1.54) is 0 Å². The highest BCUT2D eigenvalue weighted by molar-refractivity contribution is 7.99. The van der Waals surface area contributed by atoms with Gasteiger partial charge in [-0.05, 0) is 37.7 Å². The first kappa shape index (κ1) is 11.3. The van der Waals surface area contributed by atoms with Crippen LogP contribution in [-0.4, -0.2) is 35.3 Å². The highest BCUT2D eigenvalue weighted by Crippen LogP contribution is 2.58. The zero-order valence-corrected chi connectivity index (χ0v) is 10.2. The number of carbonyl (C=O) groups excluding carboxylic acids is 1. The minimum absolute atomic E-state index is 0.153. The normalized spacial score (nSPS) is 32.7. The molecule has 0 aromatic heterocycles. The average molecular weight is 230 g/mol. The molecule has 0 amide bonds. The lowest BCUT2D eigenvalue weighted by Gasteiger charge is -2.21. The third-order valence-corrected chi connectivity index (χ3v) is 4.45. The maximum atomic E-state index is 11.9. The molecule has 2 aliphatic rings. The number of ether oxygens (including phenoxy) is 2. The molecular formula is C11H18O3S. The van der Waals surface area contributed by atoms with Crippen LogP contribution in [0.3, 0.4) is 0 Å². The second-order valence-electron chi connectivity index (χ2n) is 4.11. The largest absolute Gasteiger partial charge is 0.464 e. The van der Waals surface area contributed by atoms with Crippen molar-refractivity contribution in [2.24, 2.45) is 0 Å². The summed E-state index contributed by atoms with van der Waals surface area (Å²) < 4.78 is 10.9. The van der Waals surface area contributed by atoms with Crippen LogP contribution in [0.2, 0.25) is 0 Å². The molecule has 2 fully saturated rings. The molecule has 0 aliphatic carbocycles. The molecule has 2 aliphatic heterocycles. The first-order chi connectivity index (χ1) is 7.21. The van der Waals surface area contributed by atoms with E-state index in [9.17, 15) is 4.79 Å². The summed E-state index contributed by atoms with van der Waals surface area (Å²) in [4.78, 5) is 11.9. The van der Waals surface area contributed by atoms with Crippen molar-refractivity contribution in [3.8, 4) is 0 Å². The molecular weight excluding hydrogens is 212 g/mol. The van der Waals surface area contributed by atoms with E-state index in [4.69, 9.17) is 9.47 Å². The molecule has 1 spiro atoms. The Morgan fingerprint density at radius 3 is 2.60 bits per heavy atom. The molecule has 0 aromatic rings. The SMILES string of the molecule is CCOC(=O)C1(CC)OC12CCSCC2. The number of hydrogen-bond donors (Lipinski definition) is 0. The first-order valence-corrected chi connectivity index (χ1v) is 6.81. The lowest BCUT2D eigenvalue weighted by molar-refractivity contribution is -0.149. The highest BCUT2D eigenvalue weighted by Gasteiger charge is 2.73. The van der Waals surface area contributed by atoms with Crippen LogP contribution < -0.4 is 0 Å². The predicted octanol–water partition coefficient (Wildman–Crippen LogP) is 1.99. The molecule has 2 saturated heterocycles. The van der Waals surface area contributed by atoms with E-state index >= 15 is 0 Å². The number of epoxide rings is 1. The fourth-order valence-electron chi connectivity index (χ4n) is 2.53. The van der Waals surface area contributed by atoms with Crippen LogP contribution in [0.4, 0.5) is 0 Å². The molecule has 1 atom stereocenters. The topological polar surface area (TPSA) is 38.8 Å². The number of carbonyl (C=O) groups is 1. The van der Waals surface area contributed by atoms with E-state index in [2.05, 4.69) is 0 Å². The van der Waals surface area contributed by atoms with Crippen molar-refractivity contribution in [2.45, 2.75) is 44.3 Å². The van der Waals surface area contributed by atoms with Crippen molar-refractivity contribution < 1.29 is 14.3 Å². The summed E-state index contributed by atoms with van der Waals surface area (Å²) in [6.07, 6.45) is 2.71. The Bertz CT molecular complexity index is 261. The molecule has 0 bridgehead atoms. The van der Waals surface area contributed by atoms with Crippen molar-refractivity contribution >= 4 is 17.7 Å². The lowest BCUT2D eigenvalue weighted by atomic mass is 9.85. The van der Waals surface area contributed by atoms with Gasteiger partial charge in [-0.25, -0.2) is 4.79 Å². The fraction of sp³-hybridized carbons (Fsp3) is 0.909. The van der Waals surface area contributed by atoms with Gasteiger partial charge in [0.25, 0.3) is 0 Å². The summed E-state index contributed by atoms with van der Waals surface area (Å²) in [6, 6.07) is 0. The van der Waals surface area contributed by atoms with E-state index in [0.29, 0.717) is 6.61 Å². The summed E-state index contributed by atoms with van der Waals surface area (Å²) in [5.41, 5.74) is -0.788. The smallest absolute Gasteiger partial charge is 0.341 e. The van der Waals surface area contributed by atoms with E-state index in [1.807, 2.05) is 25.6 Å². The van der Waals surface area contributed by atoms with Crippen LogP contribution >= 0.6 is 11.8 Å². The van der Waals surface area contributed by atoms with E-state index < -0.39 is 5.60 Å². The second kappa shape index (κ2) is 3.98. The van der Waals surface area contributed by atoms with Crippen LogP contribution in [-0.2, 0) is 14.3 Å².